The number of carbonyl (C=O) groups is 2. The fraction of sp³-hybridized carbons (Fsp3) is 0.739. The number of piperidine rings is 1. The third kappa shape index (κ3) is 5.00. The molecule has 0 spiro atoms. The Bertz CT molecular complexity index is 787. The second-order valence-electron chi connectivity index (χ2n) is 9.10. The van der Waals surface area contributed by atoms with Crippen LogP contribution < -0.4 is 5.32 Å². The quantitative estimate of drug-likeness (QED) is 0.716. The van der Waals surface area contributed by atoms with Crippen LogP contribution in [0.4, 0.5) is 5.82 Å². The van der Waals surface area contributed by atoms with E-state index in [0.717, 1.165) is 56.1 Å². The van der Waals surface area contributed by atoms with Gasteiger partial charge in [0.25, 0.3) is 0 Å². The van der Waals surface area contributed by atoms with Crippen LogP contribution in [0, 0.1) is 5.92 Å². The Morgan fingerprint density at radius 2 is 1.90 bits per heavy atom. The number of amides is 2. The van der Waals surface area contributed by atoms with E-state index in [1.165, 1.54) is 12.8 Å². The normalized spacial score (nSPS) is 23.0. The van der Waals surface area contributed by atoms with E-state index in [1.807, 2.05) is 18.0 Å². The van der Waals surface area contributed by atoms with Gasteiger partial charge in [-0.1, -0.05) is 12.8 Å². The van der Waals surface area contributed by atoms with Crippen LogP contribution in [0.1, 0.15) is 68.3 Å². The third-order valence-electron chi connectivity index (χ3n) is 7.09. The van der Waals surface area contributed by atoms with Crippen molar-refractivity contribution in [3.63, 3.8) is 0 Å². The van der Waals surface area contributed by atoms with Crippen LogP contribution in [0.2, 0.25) is 0 Å². The molecule has 2 amide bonds. The Hall–Kier alpha value is -2.22. The van der Waals surface area contributed by atoms with Gasteiger partial charge in [-0.25, -0.2) is 9.97 Å². The average molecular weight is 430 g/mol. The minimum absolute atomic E-state index is 0.0854. The zero-order chi connectivity index (χ0) is 21.8. The smallest absolute Gasteiger partial charge is 0.225 e. The number of hydrogen-bond donors (Lipinski definition) is 1. The number of nitrogens with zero attached hydrogens (tertiary/aromatic N) is 4. The molecule has 2 saturated heterocycles. The van der Waals surface area contributed by atoms with Crippen LogP contribution in [0.15, 0.2) is 6.07 Å². The monoisotopic (exact) mass is 429 g/mol. The number of aromatic nitrogens is 2. The van der Waals surface area contributed by atoms with Crippen molar-refractivity contribution in [3.05, 3.63) is 17.6 Å². The number of methoxy groups -OCH3 is 1. The van der Waals surface area contributed by atoms with Gasteiger partial charge in [0, 0.05) is 70.6 Å². The first-order chi connectivity index (χ1) is 15.1. The van der Waals surface area contributed by atoms with Crippen molar-refractivity contribution in [2.24, 2.45) is 5.92 Å². The van der Waals surface area contributed by atoms with Crippen LogP contribution >= 0.6 is 0 Å². The number of anilines is 1. The summed E-state index contributed by atoms with van der Waals surface area (Å²) in [5.74, 6) is 2.73. The molecule has 1 aromatic rings. The van der Waals surface area contributed by atoms with Gasteiger partial charge < -0.3 is 19.9 Å². The van der Waals surface area contributed by atoms with Gasteiger partial charge in [0.2, 0.25) is 11.8 Å². The predicted molar refractivity (Wildman–Crippen MR) is 118 cm³/mol. The summed E-state index contributed by atoms with van der Waals surface area (Å²) in [6.45, 7) is 3.42. The minimum atomic E-state index is 0.0854. The van der Waals surface area contributed by atoms with E-state index in [0.29, 0.717) is 32.0 Å². The molecule has 3 aliphatic rings. The fourth-order valence-corrected chi connectivity index (χ4v) is 5.18. The maximum atomic E-state index is 12.7. The summed E-state index contributed by atoms with van der Waals surface area (Å²) < 4.78 is 5.13. The van der Waals surface area contributed by atoms with Crippen LogP contribution in [-0.2, 0) is 14.3 Å². The minimum Gasteiger partial charge on any atom is -0.383 e. The number of rotatable bonds is 7. The Kier molecular flexibility index (Phi) is 7.05. The summed E-state index contributed by atoms with van der Waals surface area (Å²) in [6.07, 6.45) is 6.76. The lowest BCUT2D eigenvalue weighted by molar-refractivity contribution is -0.136. The maximum Gasteiger partial charge on any atom is 0.225 e. The number of likely N-dealkylation sites (tertiary alicyclic amines) is 2. The van der Waals surface area contributed by atoms with Crippen LogP contribution in [0.25, 0.3) is 0 Å². The Balaban J connectivity index is 1.42. The van der Waals surface area contributed by atoms with Gasteiger partial charge in [-0.05, 0) is 25.7 Å². The van der Waals surface area contributed by atoms with Crippen molar-refractivity contribution in [2.45, 2.75) is 56.8 Å². The number of nitrogens with one attached hydrogen (secondary N) is 1. The van der Waals surface area contributed by atoms with Gasteiger partial charge in [-0.15, -0.1) is 0 Å². The van der Waals surface area contributed by atoms with Crippen LogP contribution in [0.5, 0.6) is 0 Å². The first kappa shape index (κ1) is 22.0. The SMILES string of the molecule is CNc1cc([C@@H]2CC(=O)N(CCOC)C2)nc(C2CCN(C(=O)C3CCCC3)CC2)n1. The third-order valence-corrected chi connectivity index (χ3v) is 7.09. The number of ether oxygens (including phenoxy) is 1. The molecule has 3 fully saturated rings. The summed E-state index contributed by atoms with van der Waals surface area (Å²) in [7, 11) is 3.52. The van der Waals surface area contributed by atoms with Crippen molar-refractivity contribution in [1.29, 1.82) is 0 Å². The molecule has 4 rings (SSSR count). The number of carbonyl (C=O) groups excluding carboxylic acids is 2. The Morgan fingerprint density at radius 1 is 1.16 bits per heavy atom. The highest BCUT2D eigenvalue weighted by molar-refractivity contribution is 5.80. The molecule has 0 aromatic carbocycles. The van der Waals surface area contributed by atoms with Gasteiger partial charge in [0.1, 0.15) is 11.6 Å². The largest absolute Gasteiger partial charge is 0.383 e. The molecule has 1 saturated carbocycles. The first-order valence-corrected chi connectivity index (χ1v) is 11.7. The van der Waals surface area contributed by atoms with Gasteiger partial charge in [0.15, 0.2) is 0 Å². The van der Waals surface area contributed by atoms with Gasteiger partial charge in [-0.2, -0.15) is 0 Å². The van der Waals surface area contributed by atoms with Crippen molar-refractivity contribution < 1.29 is 14.3 Å². The molecule has 3 heterocycles. The maximum absolute atomic E-state index is 12.7. The molecular weight excluding hydrogens is 394 g/mol. The molecule has 8 nitrogen and oxygen atoms in total. The molecule has 170 valence electrons. The lowest BCUT2D eigenvalue weighted by Gasteiger charge is -2.33. The molecule has 1 N–H and O–H groups in total. The van der Waals surface area contributed by atoms with E-state index in [2.05, 4.69) is 10.2 Å². The van der Waals surface area contributed by atoms with Crippen molar-refractivity contribution >= 4 is 17.6 Å². The summed E-state index contributed by atoms with van der Waals surface area (Å²) in [5.41, 5.74) is 0.937. The molecule has 0 radical (unpaired) electrons. The first-order valence-electron chi connectivity index (χ1n) is 11.7. The van der Waals surface area contributed by atoms with E-state index in [9.17, 15) is 9.59 Å². The van der Waals surface area contributed by atoms with E-state index < -0.39 is 0 Å². The molecule has 0 unspecified atom stereocenters. The van der Waals surface area contributed by atoms with E-state index in [1.54, 1.807) is 7.11 Å². The summed E-state index contributed by atoms with van der Waals surface area (Å²) in [6, 6.07) is 1.97. The Labute approximate surface area is 184 Å². The summed E-state index contributed by atoms with van der Waals surface area (Å²) >= 11 is 0. The van der Waals surface area contributed by atoms with E-state index in [4.69, 9.17) is 14.7 Å². The molecule has 1 atom stereocenters. The molecule has 2 aliphatic heterocycles. The van der Waals surface area contributed by atoms with Crippen molar-refractivity contribution in [3.8, 4) is 0 Å². The summed E-state index contributed by atoms with van der Waals surface area (Å²) in [4.78, 5) is 38.7. The lowest BCUT2D eigenvalue weighted by Crippen LogP contribution is -2.41. The standard InChI is InChI=1S/C23H35N5O3/c1-24-20-14-19(18-13-21(29)28(15-18)11-12-31-2)25-22(26-20)16-7-9-27(10-8-16)23(30)17-5-3-4-6-17/h14,16-18H,3-13,15H2,1-2H3,(H,24,25,26)/t18-/m1/s1. The van der Waals surface area contributed by atoms with Crippen LogP contribution in [-0.4, -0.2) is 78.5 Å². The molecule has 1 aliphatic carbocycles. The summed E-state index contributed by atoms with van der Waals surface area (Å²) in [5, 5.41) is 3.16. The average Bonchev–Trinajstić information content (AvgIpc) is 3.47. The predicted octanol–water partition coefficient (Wildman–Crippen LogP) is 2.38. The molecule has 1 aromatic heterocycles. The van der Waals surface area contributed by atoms with Gasteiger partial charge in [-0.3, -0.25) is 9.59 Å². The van der Waals surface area contributed by atoms with Gasteiger partial charge in [0.05, 0.1) is 12.3 Å². The van der Waals surface area contributed by atoms with Crippen molar-refractivity contribution in [2.75, 3.05) is 52.3 Å². The highest BCUT2D eigenvalue weighted by Crippen LogP contribution is 2.33. The second kappa shape index (κ2) is 9.94. The molecular formula is C23H35N5O3. The highest BCUT2D eigenvalue weighted by atomic mass is 16.5. The zero-order valence-electron chi connectivity index (χ0n) is 18.8. The highest BCUT2D eigenvalue weighted by Gasteiger charge is 2.34. The number of hydrogen-bond acceptors (Lipinski definition) is 6. The molecule has 31 heavy (non-hydrogen) atoms. The fourth-order valence-electron chi connectivity index (χ4n) is 5.18. The van der Waals surface area contributed by atoms with E-state index in [-0.39, 0.29) is 23.7 Å². The zero-order valence-corrected chi connectivity index (χ0v) is 18.8. The second-order valence-corrected chi connectivity index (χ2v) is 9.10. The lowest BCUT2D eigenvalue weighted by atomic mass is 9.94. The van der Waals surface area contributed by atoms with Crippen LogP contribution in [0.3, 0.4) is 0 Å². The van der Waals surface area contributed by atoms with E-state index >= 15 is 0 Å². The molecule has 0 bridgehead atoms. The van der Waals surface area contributed by atoms with Gasteiger partial charge >= 0.3 is 0 Å². The van der Waals surface area contributed by atoms with Crippen molar-refractivity contribution in [1.82, 2.24) is 19.8 Å². The molecule has 8 heteroatoms. The topological polar surface area (TPSA) is 87.7 Å². The Morgan fingerprint density at radius 3 is 2.58 bits per heavy atom.